The molecule has 4 nitrogen and oxygen atoms in total. The molecule has 2 aromatic heterocycles. The number of nitrogens with zero attached hydrogens (tertiary/aromatic N) is 2. The third-order valence-corrected chi connectivity index (χ3v) is 2.85. The highest BCUT2D eigenvalue weighted by atomic mass is 16.3. The van der Waals surface area contributed by atoms with Crippen molar-refractivity contribution in [3.05, 3.63) is 39.9 Å². The van der Waals surface area contributed by atoms with E-state index in [9.17, 15) is 9.90 Å². The van der Waals surface area contributed by atoms with Crippen LogP contribution in [0.5, 0.6) is 5.75 Å². The number of hydrogen-bond acceptors (Lipinski definition) is 3. The predicted molar refractivity (Wildman–Crippen MR) is 55.2 cm³/mol. The summed E-state index contributed by atoms with van der Waals surface area (Å²) in [6.07, 6.45) is 4.27. The standard InChI is InChI=1S/C11H10N2O2/c14-9-5-2-6-13-10(9)12-8-4-1-3-7(8)11(13)15/h2,5-6,14H,1,3-4H2. The summed E-state index contributed by atoms with van der Waals surface area (Å²) in [4.78, 5) is 16.3. The Labute approximate surface area is 85.8 Å². The van der Waals surface area contributed by atoms with Crippen LogP contribution in [0.15, 0.2) is 23.1 Å². The fourth-order valence-corrected chi connectivity index (χ4v) is 2.12. The van der Waals surface area contributed by atoms with Crippen molar-refractivity contribution in [3.63, 3.8) is 0 Å². The highest BCUT2D eigenvalue weighted by molar-refractivity contribution is 5.53. The zero-order valence-electron chi connectivity index (χ0n) is 8.10. The molecule has 0 aromatic carbocycles. The van der Waals surface area contributed by atoms with Gasteiger partial charge in [-0.25, -0.2) is 4.98 Å². The van der Waals surface area contributed by atoms with Crippen LogP contribution in [0.25, 0.3) is 5.65 Å². The topological polar surface area (TPSA) is 54.6 Å². The molecule has 3 rings (SSSR count). The summed E-state index contributed by atoms with van der Waals surface area (Å²) in [6, 6.07) is 3.19. The molecule has 2 aromatic rings. The first-order valence-corrected chi connectivity index (χ1v) is 4.99. The molecule has 0 saturated heterocycles. The molecule has 2 heterocycles. The van der Waals surface area contributed by atoms with E-state index in [0.29, 0.717) is 5.65 Å². The molecule has 15 heavy (non-hydrogen) atoms. The highest BCUT2D eigenvalue weighted by Crippen LogP contribution is 2.20. The van der Waals surface area contributed by atoms with Crippen LogP contribution < -0.4 is 5.56 Å². The average molecular weight is 202 g/mol. The number of pyridine rings is 1. The zero-order valence-corrected chi connectivity index (χ0v) is 8.10. The summed E-state index contributed by atoms with van der Waals surface area (Å²) >= 11 is 0. The van der Waals surface area contributed by atoms with E-state index in [1.165, 1.54) is 4.40 Å². The van der Waals surface area contributed by atoms with Gasteiger partial charge in [0, 0.05) is 11.8 Å². The lowest BCUT2D eigenvalue weighted by Gasteiger charge is -2.04. The van der Waals surface area contributed by atoms with Crippen molar-refractivity contribution >= 4 is 5.65 Å². The molecule has 0 atom stereocenters. The van der Waals surface area contributed by atoms with Crippen LogP contribution in [0.2, 0.25) is 0 Å². The highest BCUT2D eigenvalue weighted by Gasteiger charge is 2.18. The Balaban J connectivity index is 2.52. The molecular formula is C11H10N2O2. The molecule has 0 bridgehead atoms. The summed E-state index contributed by atoms with van der Waals surface area (Å²) in [5.74, 6) is 0.0595. The lowest BCUT2D eigenvalue weighted by molar-refractivity contribution is 0.476. The molecule has 1 aliphatic carbocycles. The summed E-state index contributed by atoms with van der Waals surface area (Å²) in [5.41, 5.74) is 1.98. The fourth-order valence-electron chi connectivity index (χ4n) is 2.12. The van der Waals surface area contributed by atoms with E-state index in [4.69, 9.17) is 0 Å². The van der Waals surface area contributed by atoms with Crippen molar-refractivity contribution in [2.75, 3.05) is 0 Å². The van der Waals surface area contributed by atoms with E-state index in [1.54, 1.807) is 18.3 Å². The summed E-state index contributed by atoms with van der Waals surface area (Å²) in [5, 5.41) is 9.60. The third kappa shape index (κ3) is 1.08. The van der Waals surface area contributed by atoms with Crippen LogP contribution in [0, 0.1) is 0 Å². The average Bonchev–Trinajstić information content (AvgIpc) is 2.68. The first-order valence-electron chi connectivity index (χ1n) is 4.99. The van der Waals surface area contributed by atoms with Gasteiger partial charge in [0.05, 0.1) is 5.69 Å². The van der Waals surface area contributed by atoms with E-state index in [2.05, 4.69) is 4.98 Å². The minimum atomic E-state index is -0.0385. The SMILES string of the molecule is O=c1c2c(nc3c(O)cccn13)CCC2. The van der Waals surface area contributed by atoms with Gasteiger partial charge in [0.2, 0.25) is 0 Å². The van der Waals surface area contributed by atoms with Gasteiger partial charge in [-0.2, -0.15) is 0 Å². The predicted octanol–water partition coefficient (Wildman–Crippen LogP) is 0.889. The molecule has 76 valence electrons. The minimum Gasteiger partial charge on any atom is -0.504 e. The Bertz CT molecular complexity index is 601. The first-order chi connectivity index (χ1) is 7.27. The monoisotopic (exact) mass is 202 g/mol. The minimum absolute atomic E-state index is 0.0385. The summed E-state index contributed by atoms with van der Waals surface area (Å²) < 4.78 is 1.42. The fraction of sp³-hybridized carbons (Fsp3) is 0.273. The number of rotatable bonds is 0. The Morgan fingerprint density at radius 2 is 2.27 bits per heavy atom. The Hall–Kier alpha value is -1.84. The molecule has 1 aliphatic rings. The van der Waals surface area contributed by atoms with Crippen LogP contribution in [0.4, 0.5) is 0 Å². The van der Waals surface area contributed by atoms with E-state index >= 15 is 0 Å². The number of aromatic nitrogens is 2. The second-order valence-electron chi connectivity index (χ2n) is 3.78. The van der Waals surface area contributed by atoms with Crippen LogP contribution in [-0.2, 0) is 12.8 Å². The lowest BCUT2D eigenvalue weighted by atomic mass is 10.2. The number of hydrogen-bond donors (Lipinski definition) is 1. The Morgan fingerprint density at radius 1 is 1.40 bits per heavy atom. The van der Waals surface area contributed by atoms with E-state index < -0.39 is 0 Å². The van der Waals surface area contributed by atoms with Gasteiger partial charge in [-0.05, 0) is 31.4 Å². The molecule has 1 N–H and O–H groups in total. The van der Waals surface area contributed by atoms with Gasteiger partial charge in [0.25, 0.3) is 5.56 Å². The molecule has 0 amide bonds. The molecule has 0 aliphatic heterocycles. The van der Waals surface area contributed by atoms with Crippen molar-refractivity contribution in [2.24, 2.45) is 0 Å². The largest absolute Gasteiger partial charge is 0.504 e. The van der Waals surface area contributed by atoms with E-state index in [0.717, 1.165) is 30.5 Å². The second-order valence-corrected chi connectivity index (χ2v) is 3.78. The number of aryl methyl sites for hydroxylation is 1. The van der Waals surface area contributed by atoms with Crippen molar-refractivity contribution in [1.29, 1.82) is 0 Å². The summed E-state index contributed by atoms with van der Waals surface area (Å²) in [6.45, 7) is 0. The second kappa shape index (κ2) is 2.82. The molecule has 4 heteroatoms. The van der Waals surface area contributed by atoms with Crippen molar-refractivity contribution in [1.82, 2.24) is 9.38 Å². The van der Waals surface area contributed by atoms with Gasteiger partial charge >= 0.3 is 0 Å². The van der Waals surface area contributed by atoms with E-state index in [1.807, 2.05) is 0 Å². The quantitative estimate of drug-likeness (QED) is 0.690. The van der Waals surface area contributed by atoms with Crippen LogP contribution in [0.1, 0.15) is 17.7 Å². The maximum Gasteiger partial charge on any atom is 0.261 e. The molecular weight excluding hydrogens is 192 g/mol. The van der Waals surface area contributed by atoms with E-state index in [-0.39, 0.29) is 11.3 Å². The molecule has 0 fully saturated rings. The van der Waals surface area contributed by atoms with Crippen molar-refractivity contribution in [3.8, 4) is 5.75 Å². The molecule has 0 saturated carbocycles. The zero-order chi connectivity index (χ0) is 10.4. The first kappa shape index (κ1) is 8.47. The van der Waals surface area contributed by atoms with Gasteiger partial charge in [-0.1, -0.05) is 0 Å². The van der Waals surface area contributed by atoms with Crippen LogP contribution >= 0.6 is 0 Å². The molecule has 0 spiro atoms. The van der Waals surface area contributed by atoms with Gasteiger partial charge in [0.15, 0.2) is 11.4 Å². The van der Waals surface area contributed by atoms with Gasteiger partial charge < -0.3 is 5.11 Å². The molecule has 0 unspecified atom stereocenters. The van der Waals surface area contributed by atoms with Crippen molar-refractivity contribution < 1.29 is 5.11 Å². The Morgan fingerprint density at radius 3 is 3.13 bits per heavy atom. The van der Waals surface area contributed by atoms with Crippen LogP contribution in [0.3, 0.4) is 0 Å². The number of aromatic hydroxyl groups is 1. The van der Waals surface area contributed by atoms with Crippen molar-refractivity contribution in [2.45, 2.75) is 19.3 Å². The smallest absolute Gasteiger partial charge is 0.261 e. The van der Waals surface area contributed by atoms with Crippen LogP contribution in [-0.4, -0.2) is 14.5 Å². The maximum atomic E-state index is 12.0. The third-order valence-electron chi connectivity index (χ3n) is 2.85. The normalized spacial score (nSPS) is 14.4. The molecule has 0 radical (unpaired) electrons. The Kier molecular flexibility index (Phi) is 1.59. The summed E-state index contributed by atoms with van der Waals surface area (Å²) in [7, 11) is 0. The lowest BCUT2D eigenvalue weighted by Crippen LogP contribution is -2.19. The van der Waals surface area contributed by atoms with Gasteiger partial charge in [-0.15, -0.1) is 0 Å². The number of fused-ring (bicyclic) bond motifs is 2. The van der Waals surface area contributed by atoms with Gasteiger partial charge in [0.1, 0.15) is 0 Å². The van der Waals surface area contributed by atoms with Gasteiger partial charge in [-0.3, -0.25) is 9.20 Å². The maximum absolute atomic E-state index is 12.0.